The van der Waals surface area contributed by atoms with E-state index in [0.29, 0.717) is 6.04 Å². The topological polar surface area (TPSA) is 12.0 Å². The van der Waals surface area contributed by atoms with Crippen LogP contribution in [0.4, 0.5) is 0 Å². The van der Waals surface area contributed by atoms with Gasteiger partial charge in [-0.05, 0) is 55.7 Å². The molecular weight excluding hydrogens is 190 g/mol. The summed E-state index contributed by atoms with van der Waals surface area (Å²) in [4.78, 5) is 1.43. The Bertz CT molecular complexity index is 288. The number of hydrogen-bond acceptors (Lipinski definition) is 2. The van der Waals surface area contributed by atoms with Crippen LogP contribution in [0.2, 0.25) is 0 Å². The second kappa shape index (κ2) is 4.45. The molecule has 0 spiro atoms. The third-order valence-corrected chi connectivity index (χ3v) is 3.70. The largest absolute Gasteiger partial charge is 0.310 e. The second-order valence-corrected chi connectivity index (χ2v) is 5.38. The molecule has 1 aromatic heterocycles. The van der Waals surface area contributed by atoms with E-state index in [1.807, 2.05) is 11.3 Å². The summed E-state index contributed by atoms with van der Waals surface area (Å²) in [7, 11) is 0. The summed E-state index contributed by atoms with van der Waals surface area (Å²) in [6, 6.07) is 2.98. The molecule has 14 heavy (non-hydrogen) atoms. The molecule has 1 aliphatic rings. The molecule has 1 nitrogen and oxygen atoms in total. The zero-order valence-corrected chi connectivity index (χ0v) is 9.86. The summed E-state index contributed by atoms with van der Waals surface area (Å²) in [6.07, 6.45) is 4.05. The maximum Gasteiger partial charge on any atom is 0.0357 e. The Morgan fingerprint density at radius 1 is 1.57 bits per heavy atom. The number of thiophene rings is 1. The van der Waals surface area contributed by atoms with Crippen LogP contribution in [0.5, 0.6) is 0 Å². The van der Waals surface area contributed by atoms with Crippen molar-refractivity contribution in [3.8, 4) is 0 Å². The van der Waals surface area contributed by atoms with Crippen LogP contribution >= 0.6 is 11.3 Å². The van der Waals surface area contributed by atoms with Crippen LogP contribution in [0.15, 0.2) is 11.4 Å². The van der Waals surface area contributed by atoms with Gasteiger partial charge in [0.2, 0.25) is 0 Å². The van der Waals surface area contributed by atoms with Crippen molar-refractivity contribution in [1.82, 2.24) is 5.32 Å². The minimum Gasteiger partial charge on any atom is -0.310 e. The third kappa shape index (κ3) is 2.37. The van der Waals surface area contributed by atoms with Crippen LogP contribution in [0.3, 0.4) is 0 Å². The Hall–Kier alpha value is -0.340. The Kier molecular flexibility index (Phi) is 3.24. The molecule has 1 aromatic rings. The lowest BCUT2D eigenvalue weighted by Crippen LogP contribution is -2.23. The van der Waals surface area contributed by atoms with Gasteiger partial charge in [-0.3, -0.25) is 0 Å². The number of hydrogen-bond donors (Lipinski definition) is 1. The van der Waals surface area contributed by atoms with Crippen molar-refractivity contribution in [1.29, 1.82) is 0 Å². The predicted molar refractivity (Wildman–Crippen MR) is 62.8 cm³/mol. The molecule has 2 rings (SSSR count). The molecule has 1 N–H and O–H groups in total. The van der Waals surface area contributed by atoms with Crippen molar-refractivity contribution in [2.24, 2.45) is 5.92 Å². The van der Waals surface area contributed by atoms with Crippen molar-refractivity contribution >= 4 is 11.3 Å². The van der Waals surface area contributed by atoms with Crippen LogP contribution in [0, 0.1) is 12.8 Å². The van der Waals surface area contributed by atoms with Gasteiger partial charge < -0.3 is 5.32 Å². The lowest BCUT2D eigenvalue weighted by atomic mass is 10.1. The van der Waals surface area contributed by atoms with Crippen molar-refractivity contribution in [2.45, 2.75) is 39.2 Å². The Morgan fingerprint density at radius 2 is 2.36 bits per heavy atom. The van der Waals surface area contributed by atoms with Crippen LogP contribution in [-0.2, 0) is 0 Å². The van der Waals surface area contributed by atoms with E-state index in [0.717, 1.165) is 12.5 Å². The van der Waals surface area contributed by atoms with Gasteiger partial charge in [0.25, 0.3) is 0 Å². The van der Waals surface area contributed by atoms with Crippen LogP contribution < -0.4 is 5.32 Å². The third-order valence-electron chi connectivity index (χ3n) is 2.82. The summed E-state index contributed by atoms with van der Waals surface area (Å²) in [6.45, 7) is 5.57. The molecule has 0 aromatic carbocycles. The van der Waals surface area contributed by atoms with Gasteiger partial charge in [0.05, 0.1) is 0 Å². The van der Waals surface area contributed by atoms with E-state index in [2.05, 4.69) is 30.6 Å². The van der Waals surface area contributed by atoms with Crippen molar-refractivity contribution in [3.63, 3.8) is 0 Å². The summed E-state index contributed by atoms with van der Waals surface area (Å²) in [5.41, 5.74) is 1.52. The minimum atomic E-state index is 0.639. The minimum absolute atomic E-state index is 0.639. The maximum absolute atomic E-state index is 3.67. The first-order valence-corrected chi connectivity index (χ1v) is 6.47. The Labute approximate surface area is 90.5 Å². The normalized spacial score (nSPS) is 18.4. The molecule has 1 fully saturated rings. The maximum atomic E-state index is 3.67. The molecule has 0 saturated heterocycles. The first-order valence-electron chi connectivity index (χ1n) is 5.59. The molecule has 1 heterocycles. The lowest BCUT2D eigenvalue weighted by Gasteiger charge is -2.16. The zero-order chi connectivity index (χ0) is 9.97. The van der Waals surface area contributed by atoms with E-state index in [9.17, 15) is 0 Å². The molecule has 0 bridgehead atoms. The van der Waals surface area contributed by atoms with Crippen LogP contribution in [0.1, 0.15) is 42.7 Å². The molecule has 1 atom stereocenters. The lowest BCUT2D eigenvalue weighted by molar-refractivity contribution is 0.482. The highest BCUT2D eigenvalue weighted by atomic mass is 32.1. The average Bonchev–Trinajstić information content (AvgIpc) is 2.91. The van der Waals surface area contributed by atoms with Gasteiger partial charge in [-0.15, -0.1) is 11.3 Å². The highest BCUT2D eigenvalue weighted by molar-refractivity contribution is 7.10. The summed E-state index contributed by atoms with van der Waals surface area (Å²) in [5, 5.41) is 5.99. The van der Waals surface area contributed by atoms with Gasteiger partial charge in [0, 0.05) is 10.9 Å². The molecule has 0 radical (unpaired) electrons. The van der Waals surface area contributed by atoms with Gasteiger partial charge >= 0.3 is 0 Å². The standard InChI is InChI=1S/C12H19NS/c1-3-6-13-12(10-4-5-10)11-7-9(2)14-8-11/h7-8,10,12-13H,3-6H2,1-2H3. The van der Waals surface area contributed by atoms with E-state index >= 15 is 0 Å². The molecule has 0 aliphatic heterocycles. The van der Waals surface area contributed by atoms with Gasteiger partial charge in [-0.1, -0.05) is 6.92 Å². The average molecular weight is 209 g/mol. The number of rotatable bonds is 5. The monoisotopic (exact) mass is 209 g/mol. The Balaban J connectivity index is 2.02. The highest BCUT2D eigenvalue weighted by Gasteiger charge is 2.32. The fraction of sp³-hybridized carbons (Fsp3) is 0.667. The Morgan fingerprint density at radius 3 is 2.86 bits per heavy atom. The first kappa shape index (κ1) is 10.2. The molecular formula is C12H19NS. The molecule has 1 unspecified atom stereocenters. The van der Waals surface area contributed by atoms with Crippen molar-refractivity contribution < 1.29 is 0 Å². The van der Waals surface area contributed by atoms with Gasteiger partial charge in [-0.2, -0.15) is 0 Å². The SMILES string of the molecule is CCCNC(c1csc(C)c1)C1CC1. The molecule has 2 heteroatoms. The van der Waals surface area contributed by atoms with Crippen molar-refractivity contribution in [3.05, 3.63) is 21.9 Å². The molecule has 1 aliphatic carbocycles. The van der Waals surface area contributed by atoms with Gasteiger partial charge in [0.15, 0.2) is 0 Å². The smallest absolute Gasteiger partial charge is 0.0357 e. The number of nitrogens with one attached hydrogen (secondary N) is 1. The van der Waals surface area contributed by atoms with Crippen LogP contribution in [-0.4, -0.2) is 6.54 Å². The van der Waals surface area contributed by atoms with Crippen LogP contribution in [0.25, 0.3) is 0 Å². The summed E-state index contributed by atoms with van der Waals surface area (Å²) in [5.74, 6) is 0.913. The van der Waals surface area contributed by atoms with Crippen molar-refractivity contribution in [2.75, 3.05) is 6.54 Å². The summed E-state index contributed by atoms with van der Waals surface area (Å²) < 4.78 is 0. The molecule has 78 valence electrons. The van der Waals surface area contributed by atoms with Gasteiger partial charge in [-0.25, -0.2) is 0 Å². The fourth-order valence-corrected chi connectivity index (χ4v) is 2.65. The number of aryl methyl sites for hydroxylation is 1. The highest BCUT2D eigenvalue weighted by Crippen LogP contribution is 2.41. The predicted octanol–water partition coefficient (Wildman–Crippen LogP) is 3.51. The van der Waals surface area contributed by atoms with E-state index in [1.54, 1.807) is 0 Å². The second-order valence-electron chi connectivity index (χ2n) is 4.26. The quantitative estimate of drug-likeness (QED) is 0.782. The zero-order valence-electron chi connectivity index (χ0n) is 9.05. The fourth-order valence-electron chi connectivity index (χ4n) is 1.91. The van der Waals surface area contributed by atoms with E-state index in [4.69, 9.17) is 0 Å². The van der Waals surface area contributed by atoms with E-state index in [-0.39, 0.29) is 0 Å². The summed E-state index contributed by atoms with van der Waals surface area (Å²) >= 11 is 1.87. The first-order chi connectivity index (χ1) is 6.81. The molecule has 1 saturated carbocycles. The van der Waals surface area contributed by atoms with E-state index in [1.165, 1.54) is 29.7 Å². The van der Waals surface area contributed by atoms with Gasteiger partial charge in [0.1, 0.15) is 0 Å². The van der Waals surface area contributed by atoms with E-state index < -0.39 is 0 Å². The molecule has 0 amide bonds.